The number of benzene rings is 2. The molecule has 1 aromatic heterocycles. The molecule has 0 radical (unpaired) electrons. The molecule has 1 aliphatic rings. The molecule has 3 aromatic rings. The lowest BCUT2D eigenvalue weighted by atomic mass is 10.1. The minimum Gasteiger partial charge on any atom is -0.341 e. The number of para-hydroxylation sites is 2. The number of carbonyl (C=O) groups is 2. The van der Waals surface area contributed by atoms with Gasteiger partial charge in [-0.3, -0.25) is 9.59 Å². The highest BCUT2D eigenvalue weighted by molar-refractivity contribution is 5.96. The standard InChI is InChI=1S/C28H36N4O2/c1-19(2)15-30(16-20(3)4)27(34)18-32-25-12-7-6-11-24(25)29-28(32)22-14-26(33)31(17-22)23-10-8-9-21(5)13-23/h6-13,19-20,22H,14-18H2,1-5H3. The van der Waals surface area contributed by atoms with Crippen LogP contribution in [0, 0.1) is 18.8 Å². The van der Waals surface area contributed by atoms with Crippen molar-refractivity contribution < 1.29 is 9.59 Å². The van der Waals surface area contributed by atoms with E-state index in [1.807, 2.05) is 69.8 Å². The number of fused-ring (bicyclic) bond motifs is 1. The van der Waals surface area contributed by atoms with Crippen LogP contribution in [0.4, 0.5) is 5.69 Å². The Morgan fingerprint density at radius 2 is 1.76 bits per heavy atom. The molecule has 0 bridgehead atoms. The third-order valence-corrected chi connectivity index (χ3v) is 6.30. The molecule has 180 valence electrons. The normalized spacial score (nSPS) is 16.3. The van der Waals surface area contributed by atoms with Crippen LogP contribution in [0.3, 0.4) is 0 Å². The molecule has 1 saturated heterocycles. The highest BCUT2D eigenvalue weighted by Crippen LogP contribution is 2.33. The van der Waals surface area contributed by atoms with Gasteiger partial charge >= 0.3 is 0 Å². The summed E-state index contributed by atoms with van der Waals surface area (Å²) < 4.78 is 2.04. The number of aromatic nitrogens is 2. The molecule has 34 heavy (non-hydrogen) atoms. The highest BCUT2D eigenvalue weighted by Gasteiger charge is 2.35. The third kappa shape index (κ3) is 5.16. The zero-order valence-electron chi connectivity index (χ0n) is 21.0. The first-order valence-electron chi connectivity index (χ1n) is 12.3. The van der Waals surface area contributed by atoms with Gasteiger partial charge in [0.1, 0.15) is 12.4 Å². The van der Waals surface area contributed by atoms with E-state index in [1.54, 1.807) is 0 Å². The average molecular weight is 461 g/mol. The van der Waals surface area contributed by atoms with Gasteiger partial charge in [0.25, 0.3) is 0 Å². The van der Waals surface area contributed by atoms with Crippen LogP contribution in [0.25, 0.3) is 11.0 Å². The fraction of sp³-hybridized carbons (Fsp3) is 0.464. The molecule has 4 rings (SSSR count). The number of anilines is 1. The molecular formula is C28H36N4O2. The Hall–Kier alpha value is -3.15. The van der Waals surface area contributed by atoms with Gasteiger partial charge in [-0.15, -0.1) is 0 Å². The smallest absolute Gasteiger partial charge is 0.242 e. The SMILES string of the molecule is Cc1cccc(N2CC(c3nc4ccccc4n3CC(=O)N(CC(C)C)CC(C)C)CC2=O)c1. The van der Waals surface area contributed by atoms with Crippen LogP contribution < -0.4 is 4.90 Å². The van der Waals surface area contributed by atoms with Crippen LogP contribution in [0.15, 0.2) is 48.5 Å². The van der Waals surface area contributed by atoms with E-state index in [2.05, 4.69) is 27.7 Å². The fourth-order valence-electron chi connectivity index (χ4n) is 4.89. The number of hydrogen-bond donors (Lipinski definition) is 0. The second kappa shape index (κ2) is 10.00. The predicted molar refractivity (Wildman–Crippen MR) is 137 cm³/mol. The average Bonchev–Trinajstić information content (AvgIpc) is 3.33. The molecule has 6 heteroatoms. The molecule has 2 heterocycles. The number of nitrogens with zero attached hydrogens (tertiary/aromatic N) is 4. The summed E-state index contributed by atoms with van der Waals surface area (Å²) >= 11 is 0. The fourth-order valence-corrected chi connectivity index (χ4v) is 4.89. The van der Waals surface area contributed by atoms with Crippen molar-refractivity contribution in [1.82, 2.24) is 14.5 Å². The highest BCUT2D eigenvalue weighted by atomic mass is 16.2. The first-order chi connectivity index (χ1) is 16.2. The number of aryl methyl sites for hydroxylation is 1. The second-order valence-corrected chi connectivity index (χ2v) is 10.4. The molecule has 0 N–H and O–H groups in total. The predicted octanol–water partition coefficient (Wildman–Crippen LogP) is 5.01. The van der Waals surface area contributed by atoms with Gasteiger partial charge in [-0.25, -0.2) is 4.98 Å². The molecule has 0 aliphatic carbocycles. The minimum atomic E-state index is -0.0585. The quantitative estimate of drug-likeness (QED) is 0.475. The summed E-state index contributed by atoms with van der Waals surface area (Å²) in [4.78, 5) is 35.2. The number of amides is 2. The van der Waals surface area contributed by atoms with Crippen molar-refractivity contribution in [2.24, 2.45) is 11.8 Å². The third-order valence-electron chi connectivity index (χ3n) is 6.30. The molecule has 1 fully saturated rings. The summed E-state index contributed by atoms with van der Waals surface area (Å²) in [6.45, 7) is 12.9. The number of carbonyl (C=O) groups excluding carboxylic acids is 2. The van der Waals surface area contributed by atoms with Gasteiger partial charge in [-0.05, 0) is 48.6 Å². The van der Waals surface area contributed by atoms with Crippen molar-refractivity contribution in [1.29, 1.82) is 0 Å². The molecule has 1 unspecified atom stereocenters. The zero-order valence-corrected chi connectivity index (χ0v) is 21.0. The van der Waals surface area contributed by atoms with E-state index in [0.717, 1.165) is 41.2 Å². The van der Waals surface area contributed by atoms with Crippen LogP contribution in [-0.4, -0.2) is 45.9 Å². The van der Waals surface area contributed by atoms with Gasteiger partial charge in [0.2, 0.25) is 11.8 Å². The van der Waals surface area contributed by atoms with Crippen LogP contribution in [0.2, 0.25) is 0 Å². The lowest BCUT2D eigenvalue weighted by molar-refractivity contribution is -0.132. The molecular weight excluding hydrogens is 424 g/mol. The van der Waals surface area contributed by atoms with E-state index >= 15 is 0 Å². The Kier molecular flexibility index (Phi) is 7.05. The first kappa shape index (κ1) is 24.0. The first-order valence-corrected chi connectivity index (χ1v) is 12.3. The summed E-state index contributed by atoms with van der Waals surface area (Å²) in [5.74, 6) is 1.77. The second-order valence-electron chi connectivity index (χ2n) is 10.4. The number of imidazole rings is 1. The van der Waals surface area contributed by atoms with Gasteiger partial charge in [0, 0.05) is 37.7 Å². The van der Waals surface area contributed by atoms with Crippen LogP contribution >= 0.6 is 0 Å². The van der Waals surface area contributed by atoms with Gasteiger partial charge in [-0.1, -0.05) is 52.0 Å². The Labute approximate surface area is 202 Å². The van der Waals surface area contributed by atoms with Crippen molar-refractivity contribution in [3.63, 3.8) is 0 Å². The van der Waals surface area contributed by atoms with E-state index in [-0.39, 0.29) is 24.3 Å². The maximum Gasteiger partial charge on any atom is 0.242 e. The topological polar surface area (TPSA) is 58.4 Å². The summed E-state index contributed by atoms with van der Waals surface area (Å²) in [6, 6.07) is 16.0. The Bertz CT molecular complexity index is 1170. The Morgan fingerprint density at radius 1 is 1.06 bits per heavy atom. The van der Waals surface area contributed by atoms with E-state index in [9.17, 15) is 9.59 Å². The summed E-state index contributed by atoms with van der Waals surface area (Å²) in [6.07, 6.45) is 0.396. The summed E-state index contributed by atoms with van der Waals surface area (Å²) in [5.41, 5.74) is 3.86. The van der Waals surface area contributed by atoms with Gasteiger partial charge < -0.3 is 14.4 Å². The molecule has 0 saturated carbocycles. The summed E-state index contributed by atoms with van der Waals surface area (Å²) in [5, 5.41) is 0. The van der Waals surface area contributed by atoms with Gasteiger partial charge in [0.15, 0.2) is 0 Å². The molecule has 2 aromatic carbocycles. The maximum atomic E-state index is 13.5. The van der Waals surface area contributed by atoms with Crippen molar-refractivity contribution in [3.05, 3.63) is 59.9 Å². The van der Waals surface area contributed by atoms with Crippen molar-refractivity contribution in [2.45, 2.75) is 53.5 Å². The lowest BCUT2D eigenvalue weighted by Crippen LogP contribution is -2.39. The number of rotatable bonds is 8. The lowest BCUT2D eigenvalue weighted by Gasteiger charge is -2.27. The largest absolute Gasteiger partial charge is 0.341 e. The molecule has 6 nitrogen and oxygen atoms in total. The van der Waals surface area contributed by atoms with Crippen molar-refractivity contribution in [2.75, 3.05) is 24.5 Å². The van der Waals surface area contributed by atoms with Crippen molar-refractivity contribution >= 4 is 28.5 Å². The number of hydrogen-bond acceptors (Lipinski definition) is 3. The summed E-state index contributed by atoms with van der Waals surface area (Å²) in [7, 11) is 0. The molecule has 1 atom stereocenters. The van der Waals surface area contributed by atoms with E-state index in [4.69, 9.17) is 4.98 Å². The molecule has 1 aliphatic heterocycles. The van der Waals surface area contributed by atoms with Gasteiger partial charge in [-0.2, -0.15) is 0 Å². The van der Waals surface area contributed by atoms with Crippen LogP contribution in [-0.2, 0) is 16.1 Å². The van der Waals surface area contributed by atoms with E-state index in [1.165, 1.54) is 0 Å². The van der Waals surface area contributed by atoms with Crippen LogP contribution in [0.1, 0.15) is 51.4 Å². The van der Waals surface area contributed by atoms with Crippen molar-refractivity contribution in [3.8, 4) is 0 Å². The van der Waals surface area contributed by atoms with E-state index in [0.29, 0.717) is 24.8 Å². The molecule has 2 amide bonds. The zero-order chi connectivity index (χ0) is 24.4. The van der Waals surface area contributed by atoms with Crippen LogP contribution in [0.5, 0.6) is 0 Å². The Balaban J connectivity index is 1.65. The molecule has 0 spiro atoms. The van der Waals surface area contributed by atoms with Gasteiger partial charge in [0.05, 0.1) is 11.0 Å². The minimum absolute atomic E-state index is 0.0585. The Morgan fingerprint density at radius 3 is 2.44 bits per heavy atom. The maximum absolute atomic E-state index is 13.5. The monoisotopic (exact) mass is 460 g/mol. The van der Waals surface area contributed by atoms with E-state index < -0.39 is 0 Å².